The largest absolute Gasteiger partial charge is 0.486 e. The van der Waals surface area contributed by atoms with E-state index in [1.54, 1.807) is 0 Å². The molecule has 1 atom stereocenters. The van der Waals surface area contributed by atoms with E-state index < -0.39 is 0 Å². The summed E-state index contributed by atoms with van der Waals surface area (Å²) in [6.07, 6.45) is 1.44. The van der Waals surface area contributed by atoms with E-state index in [4.69, 9.17) is 15.2 Å². The van der Waals surface area contributed by atoms with Crippen LogP contribution in [0.3, 0.4) is 0 Å². The molecule has 2 aliphatic rings. The first-order chi connectivity index (χ1) is 12.9. The molecule has 0 radical (unpaired) electrons. The van der Waals surface area contributed by atoms with Crippen molar-refractivity contribution in [3.63, 3.8) is 0 Å². The van der Waals surface area contributed by atoms with Crippen LogP contribution in [0.25, 0.3) is 0 Å². The first-order valence-corrected chi connectivity index (χ1v) is 9.64. The van der Waals surface area contributed by atoms with Gasteiger partial charge in [-0.25, -0.2) is 0 Å². The number of nitrogens with one attached hydrogen (secondary N) is 1. The summed E-state index contributed by atoms with van der Waals surface area (Å²) in [5.41, 5.74) is 6.38. The molecule has 1 aromatic carbocycles. The van der Waals surface area contributed by atoms with E-state index >= 15 is 0 Å². The molecule has 2 amide bonds. The first-order valence-electron chi connectivity index (χ1n) is 9.64. The van der Waals surface area contributed by atoms with Crippen LogP contribution in [0.4, 0.5) is 0 Å². The Balaban J connectivity index is 1.60. The van der Waals surface area contributed by atoms with Crippen LogP contribution >= 0.6 is 0 Å². The summed E-state index contributed by atoms with van der Waals surface area (Å²) in [5.74, 6) is 1.39. The SMILES string of the molecule is CC(C)C(NC(=O)CN1CCC(C(N)=O)CC1)c1ccc2c(c1)OCCO2. The maximum absolute atomic E-state index is 12.6. The zero-order valence-corrected chi connectivity index (χ0v) is 16.1. The third kappa shape index (κ3) is 4.91. The number of amides is 2. The van der Waals surface area contributed by atoms with Crippen molar-refractivity contribution in [3.8, 4) is 11.5 Å². The standard InChI is InChI=1S/C20H29N3O4/c1-13(2)19(15-3-4-16-17(11-15)27-10-9-26-16)22-18(24)12-23-7-5-14(6-8-23)20(21)25/h3-4,11,13-14,19H,5-10,12H2,1-2H3,(H2,21,25)(H,22,24). The van der Waals surface area contributed by atoms with Gasteiger partial charge in [0.25, 0.3) is 0 Å². The van der Waals surface area contributed by atoms with Crippen molar-refractivity contribution in [1.29, 1.82) is 0 Å². The van der Waals surface area contributed by atoms with Gasteiger partial charge >= 0.3 is 0 Å². The van der Waals surface area contributed by atoms with E-state index in [-0.39, 0.29) is 29.7 Å². The number of piperidine rings is 1. The average Bonchev–Trinajstić information content (AvgIpc) is 2.66. The molecule has 0 aliphatic carbocycles. The van der Waals surface area contributed by atoms with Crippen LogP contribution < -0.4 is 20.5 Å². The number of benzene rings is 1. The fourth-order valence-electron chi connectivity index (χ4n) is 3.69. The lowest BCUT2D eigenvalue weighted by Gasteiger charge is -2.31. The molecule has 1 unspecified atom stereocenters. The second-order valence-corrected chi connectivity index (χ2v) is 7.65. The molecule has 1 saturated heterocycles. The van der Waals surface area contributed by atoms with Gasteiger partial charge in [0.1, 0.15) is 13.2 Å². The summed E-state index contributed by atoms with van der Waals surface area (Å²) in [4.78, 5) is 26.0. The molecule has 3 rings (SSSR count). The third-order valence-corrected chi connectivity index (χ3v) is 5.27. The van der Waals surface area contributed by atoms with Crippen molar-refractivity contribution in [2.75, 3.05) is 32.8 Å². The molecule has 0 bridgehead atoms. The van der Waals surface area contributed by atoms with E-state index in [9.17, 15) is 9.59 Å². The lowest BCUT2D eigenvalue weighted by molar-refractivity contribution is -0.124. The molecular formula is C20H29N3O4. The molecule has 0 spiro atoms. The molecule has 27 heavy (non-hydrogen) atoms. The number of hydrogen-bond donors (Lipinski definition) is 2. The van der Waals surface area contributed by atoms with E-state index in [1.165, 1.54) is 0 Å². The Morgan fingerprint density at radius 2 is 1.85 bits per heavy atom. The van der Waals surface area contributed by atoms with Crippen molar-refractivity contribution >= 4 is 11.8 Å². The van der Waals surface area contributed by atoms with Crippen LogP contribution in [-0.2, 0) is 9.59 Å². The molecule has 148 valence electrons. The lowest BCUT2D eigenvalue weighted by atomic mass is 9.95. The molecule has 7 nitrogen and oxygen atoms in total. The summed E-state index contributed by atoms with van der Waals surface area (Å²) in [7, 11) is 0. The highest BCUT2D eigenvalue weighted by Crippen LogP contribution is 2.34. The fraction of sp³-hybridized carbons (Fsp3) is 0.600. The number of primary amides is 1. The maximum Gasteiger partial charge on any atom is 0.234 e. The number of fused-ring (bicyclic) bond motifs is 1. The smallest absolute Gasteiger partial charge is 0.234 e. The molecule has 3 N–H and O–H groups in total. The average molecular weight is 375 g/mol. The predicted octanol–water partition coefficient (Wildman–Crippen LogP) is 1.47. The molecular weight excluding hydrogens is 346 g/mol. The van der Waals surface area contributed by atoms with Crippen LogP contribution in [0.1, 0.15) is 38.3 Å². The number of likely N-dealkylation sites (tertiary alicyclic amines) is 1. The highest BCUT2D eigenvalue weighted by atomic mass is 16.6. The highest BCUT2D eigenvalue weighted by molar-refractivity contribution is 5.79. The molecule has 1 aromatic rings. The number of nitrogens with two attached hydrogens (primary N) is 1. The Morgan fingerprint density at radius 3 is 2.48 bits per heavy atom. The first kappa shape index (κ1) is 19.5. The number of ether oxygens (including phenoxy) is 2. The van der Waals surface area contributed by atoms with Crippen LogP contribution in [0.15, 0.2) is 18.2 Å². The second-order valence-electron chi connectivity index (χ2n) is 7.65. The molecule has 7 heteroatoms. The Bertz CT molecular complexity index is 684. The van der Waals surface area contributed by atoms with Crippen molar-refractivity contribution in [2.24, 2.45) is 17.6 Å². The van der Waals surface area contributed by atoms with Crippen LogP contribution in [0.2, 0.25) is 0 Å². The van der Waals surface area contributed by atoms with Crippen molar-refractivity contribution in [1.82, 2.24) is 10.2 Å². The van der Waals surface area contributed by atoms with Crippen molar-refractivity contribution < 1.29 is 19.1 Å². The fourth-order valence-corrected chi connectivity index (χ4v) is 3.69. The number of carbonyl (C=O) groups is 2. The quantitative estimate of drug-likeness (QED) is 0.785. The van der Waals surface area contributed by atoms with E-state index in [0.717, 1.165) is 43.0 Å². The minimum atomic E-state index is -0.238. The van der Waals surface area contributed by atoms with Gasteiger partial charge in [-0.15, -0.1) is 0 Å². The lowest BCUT2D eigenvalue weighted by Crippen LogP contribution is -2.44. The number of carbonyl (C=O) groups excluding carboxylic acids is 2. The highest BCUT2D eigenvalue weighted by Gasteiger charge is 2.26. The van der Waals surface area contributed by atoms with E-state index in [1.807, 2.05) is 18.2 Å². The van der Waals surface area contributed by atoms with Gasteiger partial charge in [-0.1, -0.05) is 19.9 Å². The van der Waals surface area contributed by atoms with Gasteiger partial charge in [-0.3, -0.25) is 14.5 Å². The Labute approximate surface area is 160 Å². The molecule has 0 aromatic heterocycles. The minimum absolute atomic E-state index is 0.0129. The van der Waals surface area contributed by atoms with Crippen LogP contribution in [-0.4, -0.2) is 49.6 Å². The van der Waals surface area contributed by atoms with Gasteiger partial charge in [0, 0.05) is 5.92 Å². The molecule has 1 fully saturated rings. The summed E-state index contributed by atoms with van der Waals surface area (Å²) in [6, 6.07) is 5.74. The minimum Gasteiger partial charge on any atom is -0.486 e. The summed E-state index contributed by atoms with van der Waals surface area (Å²) in [5, 5.41) is 3.15. The predicted molar refractivity (Wildman–Crippen MR) is 102 cm³/mol. The summed E-state index contributed by atoms with van der Waals surface area (Å²) < 4.78 is 11.2. The molecule has 2 aliphatic heterocycles. The van der Waals surface area contributed by atoms with Gasteiger partial charge in [0.15, 0.2) is 11.5 Å². The Morgan fingerprint density at radius 1 is 1.19 bits per heavy atom. The summed E-state index contributed by atoms with van der Waals surface area (Å²) in [6.45, 7) is 7.04. The monoisotopic (exact) mass is 375 g/mol. The molecule has 0 saturated carbocycles. The summed E-state index contributed by atoms with van der Waals surface area (Å²) >= 11 is 0. The topological polar surface area (TPSA) is 93.9 Å². The van der Waals surface area contributed by atoms with Gasteiger partial charge in [-0.05, 0) is 49.5 Å². The number of rotatable bonds is 6. The van der Waals surface area contributed by atoms with Gasteiger partial charge in [-0.2, -0.15) is 0 Å². The van der Waals surface area contributed by atoms with Crippen molar-refractivity contribution in [3.05, 3.63) is 23.8 Å². The second kappa shape index (κ2) is 8.61. The van der Waals surface area contributed by atoms with E-state index in [0.29, 0.717) is 19.8 Å². The normalized spacial score (nSPS) is 18.9. The van der Waals surface area contributed by atoms with Crippen LogP contribution in [0, 0.1) is 11.8 Å². The number of nitrogens with zero attached hydrogens (tertiary/aromatic N) is 1. The zero-order chi connectivity index (χ0) is 19.4. The Hall–Kier alpha value is -2.28. The van der Waals surface area contributed by atoms with Crippen molar-refractivity contribution in [2.45, 2.75) is 32.7 Å². The molecule has 2 heterocycles. The zero-order valence-electron chi connectivity index (χ0n) is 16.1. The number of hydrogen-bond acceptors (Lipinski definition) is 5. The van der Waals surface area contributed by atoms with Gasteiger partial charge in [0.2, 0.25) is 11.8 Å². The van der Waals surface area contributed by atoms with E-state index in [2.05, 4.69) is 24.1 Å². The third-order valence-electron chi connectivity index (χ3n) is 5.27. The Kier molecular flexibility index (Phi) is 6.21. The van der Waals surface area contributed by atoms with Gasteiger partial charge in [0.05, 0.1) is 12.6 Å². The van der Waals surface area contributed by atoms with Crippen LogP contribution in [0.5, 0.6) is 11.5 Å². The maximum atomic E-state index is 12.6. The van der Waals surface area contributed by atoms with Gasteiger partial charge < -0.3 is 20.5 Å².